The average molecular weight is 282 g/mol. The molecule has 5 nitrogen and oxygen atoms in total. The van der Waals surface area contributed by atoms with Gasteiger partial charge in [-0.3, -0.25) is 14.5 Å². The highest BCUT2D eigenvalue weighted by molar-refractivity contribution is 5.82. The van der Waals surface area contributed by atoms with Crippen LogP contribution in [0.4, 0.5) is 0 Å². The first-order valence-corrected chi connectivity index (χ1v) is 7.82. The summed E-state index contributed by atoms with van der Waals surface area (Å²) in [6, 6.07) is -0.315. The normalized spacial score (nSPS) is 21.6. The van der Waals surface area contributed by atoms with Gasteiger partial charge in [0.15, 0.2) is 0 Å². The summed E-state index contributed by atoms with van der Waals surface area (Å²) < 4.78 is 0. The van der Waals surface area contributed by atoms with E-state index in [9.17, 15) is 9.59 Å². The Bertz CT molecular complexity index is 347. The Morgan fingerprint density at radius 3 is 2.30 bits per heavy atom. The molecule has 0 aromatic heterocycles. The van der Waals surface area contributed by atoms with Crippen molar-refractivity contribution >= 4 is 11.9 Å². The van der Waals surface area contributed by atoms with E-state index in [1.54, 1.807) is 0 Å². The van der Waals surface area contributed by atoms with Crippen molar-refractivity contribution in [2.45, 2.75) is 51.5 Å². The van der Waals surface area contributed by atoms with Crippen LogP contribution in [0, 0.1) is 5.92 Å². The number of carbonyl (C=O) groups excluding carboxylic acids is 1. The molecular weight excluding hydrogens is 256 g/mol. The van der Waals surface area contributed by atoms with Crippen molar-refractivity contribution < 1.29 is 14.7 Å². The summed E-state index contributed by atoms with van der Waals surface area (Å²) in [6.45, 7) is 4.23. The van der Waals surface area contributed by atoms with Crippen LogP contribution >= 0.6 is 0 Å². The van der Waals surface area contributed by atoms with Gasteiger partial charge < -0.3 is 10.0 Å². The van der Waals surface area contributed by atoms with E-state index in [2.05, 4.69) is 0 Å². The second kappa shape index (κ2) is 7.07. The van der Waals surface area contributed by atoms with E-state index in [0.29, 0.717) is 5.92 Å². The number of carboxylic acids is 1. The molecule has 1 N–H and O–H groups in total. The molecule has 1 saturated heterocycles. The molecule has 2 aliphatic rings. The third-order valence-corrected chi connectivity index (χ3v) is 4.35. The highest BCUT2D eigenvalue weighted by atomic mass is 16.4. The summed E-state index contributed by atoms with van der Waals surface area (Å²) in [7, 11) is 0. The third-order valence-electron chi connectivity index (χ3n) is 4.35. The molecule has 5 heteroatoms. The molecular formula is C15H26N2O3. The molecule has 0 aromatic rings. The molecule has 1 unspecified atom stereocenters. The molecule has 1 saturated carbocycles. The van der Waals surface area contributed by atoms with Gasteiger partial charge in [0.2, 0.25) is 5.91 Å². The second-order valence-electron chi connectivity index (χ2n) is 6.18. The molecule has 0 radical (unpaired) electrons. The van der Waals surface area contributed by atoms with Crippen molar-refractivity contribution in [1.82, 2.24) is 9.80 Å². The maximum atomic E-state index is 12.6. The Hall–Kier alpha value is -1.10. The number of nitrogens with zero attached hydrogens (tertiary/aromatic N) is 2. The van der Waals surface area contributed by atoms with Gasteiger partial charge in [-0.25, -0.2) is 0 Å². The first-order chi connectivity index (χ1) is 9.58. The molecule has 2 rings (SSSR count). The monoisotopic (exact) mass is 282 g/mol. The topological polar surface area (TPSA) is 60.9 Å². The zero-order valence-corrected chi connectivity index (χ0v) is 12.4. The number of carboxylic acid groups (broad SMARTS) is 1. The quantitative estimate of drug-likeness (QED) is 0.803. The summed E-state index contributed by atoms with van der Waals surface area (Å²) in [5, 5.41) is 9.04. The van der Waals surface area contributed by atoms with Gasteiger partial charge in [-0.15, -0.1) is 0 Å². The van der Waals surface area contributed by atoms with Gasteiger partial charge in [0.05, 0.1) is 12.6 Å². The zero-order valence-electron chi connectivity index (χ0n) is 12.4. The van der Waals surface area contributed by atoms with Gasteiger partial charge in [0, 0.05) is 19.6 Å². The van der Waals surface area contributed by atoms with Crippen LogP contribution in [0.15, 0.2) is 0 Å². The molecule has 114 valence electrons. The molecule has 1 heterocycles. The van der Waals surface area contributed by atoms with Gasteiger partial charge in [0.25, 0.3) is 0 Å². The molecule has 20 heavy (non-hydrogen) atoms. The maximum Gasteiger partial charge on any atom is 0.317 e. The summed E-state index contributed by atoms with van der Waals surface area (Å²) in [5.41, 5.74) is 0. The number of aliphatic carboxylic acids is 1. The van der Waals surface area contributed by atoms with Gasteiger partial charge in [0.1, 0.15) is 0 Å². The Balaban J connectivity index is 1.94. The van der Waals surface area contributed by atoms with Crippen LogP contribution in [0.5, 0.6) is 0 Å². The van der Waals surface area contributed by atoms with Crippen molar-refractivity contribution in [3.8, 4) is 0 Å². The number of likely N-dealkylation sites (tertiary alicyclic amines) is 1. The molecule has 2 fully saturated rings. The highest BCUT2D eigenvalue weighted by Gasteiger charge is 2.32. The lowest BCUT2D eigenvalue weighted by molar-refractivity contribution is -0.142. The van der Waals surface area contributed by atoms with Crippen molar-refractivity contribution in [3.05, 3.63) is 0 Å². The van der Waals surface area contributed by atoms with Crippen LogP contribution in [0.2, 0.25) is 0 Å². The van der Waals surface area contributed by atoms with E-state index in [1.807, 2.05) is 16.7 Å². The van der Waals surface area contributed by atoms with Crippen LogP contribution in [0.3, 0.4) is 0 Å². The fourth-order valence-corrected chi connectivity index (χ4v) is 2.88. The number of amides is 1. The fraction of sp³-hybridized carbons (Fsp3) is 0.867. The molecule has 1 aliphatic carbocycles. The van der Waals surface area contributed by atoms with Crippen molar-refractivity contribution in [2.75, 3.05) is 26.2 Å². The minimum atomic E-state index is -0.846. The summed E-state index contributed by atoms with van der Waals surface area (Å²) >= 11 is 0. The molecule has 1 atom stereocenters. The smallest absolute Gasteiger partial charge is 0.317 e. The van der Waals surface area contributed by atoms with Crippen LogP contribution in [-0.2, 0) is 9.59 Å². The van der Waals surface area contributed by atoms with Crippen LogP contribution in [0.1, 0.15) is 45.4 Å². The fourth-order valence-electron chi connectivity index (χ4n) is 2.88. The summed E-state index contributed by atoms with van der Waals surface area (Å²) in [6.07, 6.45) is 6.86. The number of carbonyl (C=O) groups is 2. The maximum absolute atomic E-state index is 12.6. The number of hydrogen-bond donors (Lipinski definition) is 1. The Kier molecular flexibility index (Phi) is 5.40. The Morgan fingerprint density at radius 1 is 1.20 bits per heavy atom. The van der Waals surface area contributed by atoms with Crippen LogP contribution in [0.25, 0.3) is 0 Å². The standard InChI is InChI=1S/C15H26N2O3/c1-12(15(20)16-8-4-2-3-5-9-16)17(11-14(18)19)10-13-6-7-13/h12-13H,2-11H2,1H3,(H,18,19). The van der Waals surface area contributed by atoms with E-state index in [0.717, 1.165) is 32.5 Å². The van der Waals surface area contributed by atoms with E-state index in [4.69, 9.17) is 5.11 Å². The lowest BCUT2D eigenvalue weighted by atomic mass is 10.2. The van der Waals surface area contributed by atoms with E-state index >= 15 is 0 Å². The van der Waals surface area contributed by atoms with Gasteiger partial charge in [-0.05, 0) is 38.5 Å². The minimum Gasteiger partial charge on any atom is -0.480 e. The number of rotatable bonds is 6. The highest BCUT2D eigenvalue weighted by Crippen LogP contribution is 2.30. The predicted octanol–water partition coefficient (Wildman–Crippen LogP) is 1.57. The molecule has 0 spiro atoms. The first-order valence-electron chi connectivity index (χ1n) is 7.82. The molecule has 1 amide bonds. The van der Waals surface area contributed by atoms with Gasteiger partial charge in [-0.2, -0.15) is 0 Å². The third kappa shape index (κ3) is 4.47. The molecule has 1 aliphatic heterocycles. The van der Waals surface area contributed by atoms with Crippen LogP contribution < -0.4 is 0 Å². The largest absolute Gasteiger partial charge is 0.480 e. The summed E-state index contributed by atoms with van der Waals surface area (Å²) in [5.74, 6) is -0.149. The second-order valence-corrected chi connectivity index (χ2v) is 6.18. The molecule has 0 aromatic carbocycles. The summed E-state index contributed by atoms with van der Waals surface area (Å²) in [4.78, 5) is 27.3. The average Bonchev–Trinajstić information content (AvgIpc) is 3.22. The predicted molar refractivity (Wildman–Crippen MR) is 76.4 cm³/mol. The lowest BCUT2D eigenvalue weighted by Gasteiger charge is -2.31. The van der Waals surface area contributed by atoms with Gasteiger partial charge in [-0.1, -0.05) is 12.8 Å². The minimum absolute atomic E-state index is 0.0305. The van der Waals surface area contributed by atoms with Gasteiger partial charge >= 0.3 is 5.97 Å². The SMILES string of the molecule is CC(C(=O)N1CCCCCC1)N(CC(=O)O)CC1CC1. The Morgan fingerprint density at radius 2 is 1.80 bits per heavy atom. The first kappa shape index (κ1) is 15.3. The van der Waals surface area contributed by atoms with E-state index in [-0.39, 0.29) is 18.5 Å². The van der Waals surface area contributed by atoms with E-state index < -0.39 is 5.97 Å². The van der Waals surface area contributed by atoms with Crippen molar-refractivity contribution in [3.63, 3.8) is 0 Å². The number of hydrogen-bond acceptors (Lipinski definition) is 3. The van der Waals surface area contributed by atoms with Crippen molar-refractivity contribution in [2.24, 2.45) is 5.92 Å². The molecule has 0 bridgehead atoms. The van der Waals surface area contributed by atoms with E-state index in [1.165, 1.54) is 25.7 Å². The van der Waals surface area contributed by atoms with Crippen LogP contribution in [-0.4, -0.2) is 59.0 Å². The lowest BCUT2D eigenvalue weighted by Crippen LogP contribution is -2.49. The Labute approximate surface area is 120 Å². The van der Waals surface area contributed by atoms with Crippen molar-refractivity contribution in [1.29, 1.82) is 0 Å². The zero-order chi connectivity index (χ0) is 14.5.